The molecule has 0 fully saturated rings. The number of carbonyl (C=O) groups excluding carboxylic acids is 1. The second-order valence-corrected chi connectivity index (χ2v) is 8.18. The Hall–Kier alpha value is -3.81. The quantitative estimate of drug-likeness (QED) is 0.486. The Kier molecular flexibility index (Phi) is 5.37. The van der Waals surface area contributed by atoms with E-state index in [0.717, 1.165) is 5.56 Å². The summed E-state index contributed by atoms with van der Waals surface area (Å²) in [6.07, 6.45) is 0. The van der Waals surface area contributed by atoms with Gasteiger partial charge in [-0.25, -0.2) is 4.39 Å². The maximum atomic E-state index is 13.1. The highest BCUT2D eigenvalue weighted by Gasteiger charge is 2.34. The lowest BCUT2D eigenvalue weighted by atomic mass is 9.86. The molecule has 2 aromatic carbocycles. The van der Waals surface area contributed by atoms with Crippen molar-refractivity contribution in [2.24, 2.45) is 5.41 Å². The van der Waals surface area contributed by atoms with Gasteiger partial charge >= 0.3 is 0 Å². The van der Waals surface area contributed by atoms with Crippen molar-refractivity contribution in [2.75, 3.05) is 0 Å². The summed E-state index contributed by atoms with van der Waals surface area (Å²) in [7, 11) is 0. The first-order valence-corrected chi connectivity index (χ1v) is 9.74. The first-order chi connectivity index (χ1) is 14.8. The predicted molar refractivity (Wildman–Crippen MR) is 111 cm³/mol. The van der Waals surface area contributed by atoms with Crippen molar-refractivity contribution in [3.05, 3.63) is 78.1 Å². The molecule has 0 bridgehead atoms. The van der Waals surface area contributed by atoms with Crippen LogP contribution < -0.4 is 5.32 Å². The molecule has 4 aromatic rings. The lowest BCUT2D eigenvalue weighted by Crippen LogP contribution is -2.37. The van der Waals surface area contributed by atoms with Crippen LogP contribution in [0, 0.1) is 11.2 Å². The third-order valence-corrected chi connectivity index (χ3v) is 4.73. The molecule has 0 aliphatic carbocycles. The number of halogens is 1. The Morgan fingerprint density at radius 3 is 2.35 bits per heavy atom. The molecule has 2 heterocycles. The average Bonchev–Trinajstić information content (AvgIpc) is 3.42. The minimum absolute atomic E-state index is 0.0939. The summed E-state index contributed by atoms with van der Waals surface area (Å²) in [6.45, 7) is 5.87. The van der Waals surface area contributed by atoms with Crippen LogP contribution >= 0.6 is 0 Å². The number of hydrogen-bond donors (Lipinski definition) is 1. The normalized spacial score (nSPS) is 12.5. The van der Waals surface area contributed by atoms with Gasteiger partial charge in [-0.15, -0.1) is 0 Å². The van der Waals surface area contributed by atoms with Gasteiger partial charge in [0.1, 0.15) is 11.9 Å². The highest BCUT2D eigenvalue weighted by molar-refractivity contribution is 5.93. The molecule has 0 radical (unpaired) electrons. The predicted octanol–water partition coefficient (Wildman–Crippen LogP) is 5.05. The Bertz CT molecular complexity index is 1180. The fraction of sp³-hybridized carbons (Fsp3) is 0.217. The second kappa shape index (κ2) is 8.14. The van der Waals surface area contributed by atoms with E-state index in [-0.39, 0.29) is 11.5 Å². The molecular formula is C23H21FN4O3. The number of aromatic nitrogens is 3. The topological polar surface area (TPSA) is 94.1 Å². The minimum Gasteiger partial charge on any atom is -0.355 e. The molecule has 31 heavy (non-hydrogen) atoms. The Morgan fingerprint density at radius 2 is 1.68 bits per heavy atom. The summed E-state index contributed by atoms with van der Waals surface area (Å²) in [5, 5.41) is 10.8. The summed E-state index contributed by atoms with van der Waals surface area (Å²) in [6, 6.07) is 16.1. The number of nitrogens with one attached hydrogen (secondary N) is 1. The number of carbonyl (C=O) groups is 1. The van der Waals surface area contributed by atoms with Crippen LogP contribution in [0.4, 0.5) is 4.39 Å². The number of benzene rings is 2. The van der Waals surface area contributed by atoms with Crippen LogP contribution in [0.15, 0.2) is 69.7 Å². The van der Waals surface area contributed by atoms with Crippen LogP contribution in [0.3, 0.4) is 0 Å². The van der Waals surface area contributed by atoms with Crippen LogP contribution in [0.2, 0.25) is 0 Å². The number of amides is 1. The summed E-state index contributed by atoms with van der Waals surface area (Å²) in [5.74, 6) is 0.294. The van der Waals surface area contributed by atoms with E-state index in [9.17, 15) is 9.18 Å². The lowest BCUT2D eigenvalue weighted by molar-refractivity contribution is 0.0871. The second-order valence-electron chi connectivity index (χ2n) is 8.18. The van der Waals surface area contributed by atoms with E-state index in [0.29, 0.717) is 23.0 Å². The highest BCUT2D eigenvalue weighted by Crippen LogP contribution is 2.33. The van der Waals surface area contributed by atoms with Gasteiger partial charge in [-0.1, -0.05) is 61.4 Å². The summed E-state index contributed by atoms with van der Waals surface area (Å²) < 4.78 is 23.9. The molecule has 2 aromatic heterocycles. The van der Waals surface area contributed by atoms with E-state index < -0.39 is 17.4 Å². The maximum absolute atomic E-state index is 13.1. The largest absolute Gasteiger partial charge is 0.355 e. The molecule has 7 nitrogen and oxygen atoms in total. The SMILES string of the molecule is CC(C)(C)C(NC(=O)c1cc(-c2ccc(F)cc2)on1)c1nc(-c2ccccc2)no1. The van der Waals surface area contributed by atoms with Crippen molar-refractivity contribution >= 4 is 5.91 Å². The lowest BCUT2D eigenvalue weighted by Gasteiger charge is -2.27. The van der Waals surface area contributed by atoms with Gasteiger partial charge in [0.2, 0.25) is 11.7 Å². The van der Waals surface area contributed by atoms with Gasteiger partial charge in [0.15, 0.2) is 11.5 Å². The molecule has 8 heteroatoms. The molecule has 0 aliphatic heterocycles. The van der Waals surface area contributed by atoms with E-state index in [1.165, 1.54) is 18.2 Å². The van der Waals surface area contributed by atoms with Crippen molar-refractivity contribution < 1.29 is 18.2 Å². The van der Waals surface area contributed by atoms with Crippen LogP contribution in [-0.4, -0.2) is 21.2 Å². The molecule has 0 saturated carbocycles. The number of hydrogen-bond acceptors (Lipinski definition) is 6. The molecule has 0 spiro atoms. The molecule has 4 rings (SSSR count). The summed E-state index contributed by atoms with van der Waals surface area (Å²) in [4.78, 5) is 17.4. The number of nitrogens with zero attached hydrogens (tertiary/aromatic N) is 3. The van der Waals surface area contributed by atoms with Crippen molar-refractivity contribution in [1.82, 2.24) is 20.6 Å². The van der Waals surface area contributed by atoms with Gasteiger partial charge in [-0.3, -0.25) is 4.79 Å². The fourth-order valence-electron chi connectivity index (χ4n) is 3.04. The highest BCUT2D eigenvalue weighted by atomic mass is 19.1. The Balaban J connectivity index is 1.56. The first-order valence-electron chi connectivity index (χ1n) is 9.74. The van der Waals surface area contributed by atoms with E-state index in [4.69, 9.17) is 9.05 Å². The smallest absolute Gasteiger partial charge is 0.274 e. The van der Waals surface area contributed by atoms with Gasteiger partial charge in [0, 0.05) is 17.2 Å². The zero-order valence-electron chi connectivity index (χ0n) is 17.3. The Morgan fingerprint density at radius 1 is 0.968 bits per heavy atom. The van der Waals surface area contributed by atoms with E-state index in [1.807, 2.05) is 51.1 Å². The van der Waals surface area contributed by atoms with Crippen LogP contribution in [-0.2, 0) is 0 Å². The van der Waals surface area contributed by atoms with Crippen LogP contribution in [0.1, 0.15) is 43.2 Å². The molecule has 1 amide bonds. The third-order valence-electron chi connectivity index (χ3n) is 4.73. The molecule has 1 N–H and O–H groups in total. The van der Waals surface area contributed by atoms with E-state index in [2.05, 4.69) is 20.6 Å². The number of rotatable bonds is 5. The molecular weight excluding hydrogens is 399 g/mol. The molecule has 0 aliphatic rings. The van der Waals surface area contributed by atoms with Crippen LogP contribution in [0.5, 0.6) is 0 Å². The minimum atomic E-state index is -0.559. The third kappa shape index (κ3) is 4.53. The standard InChI is InChI=1S/C23H21FN4O3/c1-23(2,3)19(22-26-20(28-31-22)15-7-5-4-6-8-15)25-21(29)17-13-18(30-27-17)14-9-11-16(24)12-10-14/h4-13,19H,1-3H3,(H,25,29). The maximum Gasteiger partial charge on any atom is 0.274 e. The molecule has 1 atom stereocenters. The van der Waals surface area contributed by atoms with E-state index in [1.54, 1.807) is 12.1 Å². The average molecular weight is 420 g/mol. The fourth-order valence-corrected chi connectivity index (χ4v) is 3.04. The van der Waals surface area contributed by atoms with Gasteiger partial charge < -0.3 is 14.4 Å². The van der Waals surface area contributed by atoms with Gasteiger partial charge in [-0.05, 0) is 29.7 Å². The van der Waals surface area contributed by atoms with E-state index >= 15 is 0 Å². The summed E-state index contributed by atoms with van der Waals surface area (Å²) >= 11 is 0. The van der Waals surface area contributed by atoms with Crippen molar-refractivity contribution in [3.8, 4) is 22.7 Å². The molecule has 0 saturated heterocycles. The van der Waals surface area contributed by atoms with Gasteiger partial charge in [0.05, 0.1) is 0 Å². The zero-order chi connectivity index (χ0) is 22.0. The zero-order valence-corrected chi connectivity index (χ0v) is 17.3. The van der Waals surface area contributed by atoms with Gasteiger partial charge in [0.25, 0.3) is 5.91 Å². The molecule has 1 unspecified atom stereocenters. The monoisotopic (exact) mass is 420 g/mol. The Labute approximate surface area is 178 Å². The first kappa shape index (κ1) is 20.5. The van der Waals surface area contributed by atoms with Crippen molar-refractivity contribution in [2.45, 2.75) is 26.8 Å². The summed E-state index contributed by atoms with van der Waals surface area (Å²) in [5.41, 5.74) is 1.11. The van der Waals surface area contributed by atoms with Gasteiger partial charge in [-0.2, -0.15) is 4.98 Å². The molecule has 158 valence electrons. The van der Waals surface area contributed by atoms with Crippen LogP contribution in [0.25, 0.3) is 22.7 Å². The van der Waals surface area contributed by atoms with Crippen molar-refractivity contribution in [1.29, 1.82) is 0 Å². The van der Waals surface area contributed by atoms with Crippen molar-refractivity contribution in [3.63, 3.8) is 0 Å².